The van der Waals surface area contributed by atoms with Gasteiger partial charge < -0.3 is 15.2 Å². The summed E-state index contributed by atoms with van der Waals surface area (Å²) in [6, 6.07) is 11.2. The Kier molecular flexibility index (Phi) is 9.01. The first kappa shape index (κ1) is 22.6. The van der Waals surface area contributed by atoms with Gasteiger partial charge in [0.25, 0.3) is 0 Å². The average Bonchev–Trinajstić information content (AvgIpc) is 3.09. The second kappa shape index (κ2) is 12.0. The van der Waals surface area contributed by atoms with Crippen molar-refractivity contribution in [3.8, 4) is 0 Å². The molecular formula is C22H35N7S. The van der Waals surface area contributed by atoms with Crippen LogP contribution in [0.25, 0.3) is 0 Å². The summed E-state index contributed by atoms with van der Waals surface area (Å²) in [6.45, 7) is 6.67. The summed E-state index contributed by atoms with van der Waals surface area (Å²) in [7, 11) is 1.99. The molecule has 1 aliphatic rings. The third-order valence-corrected chi connectivity index (χ3v) is 6.25. The first-order chi connectivity index (χ1) is 14.7. The number of aryl methyl sites for hydroxylation is 1. The summed E-state index contributed by atoms with van der Waals surface area (Å²) < 4.78 is 2.00. The molecule has 1 fully saturated rings. The van der Waals surface area contributed by atoms with Crippen molar-refractivity contribution in [1.82, 2.24) is 30.3 Å². The van der Waals surface area contributed by atoms with Crippen molar-refractivity contribution in [2.24, 2.45) is 12.0 Å². The van der Waals surface area contributed by atoms with E-state index in [9.17, 15) is 0 Å². The molecule has 1 aromatic carbocycles. The molecule has 7 nitrogen and oxygen atoms in total. The van der Waals surface area contributed by atoms with Gasteiger partial charge in [0, 0.05) is 39.3 Å². The zero-order chi connectivity index (χ0) is 21.2. The van der Waals surface area contributed by atoms with E-state index in [1.165, 1.54) is 5.56 Å². The standard InChI is InChI=1S/C22H35N7S/c1-18-26-27-21(28(18)2)16-24-22(23-12-7-15-30-3)25-20-10-13-29(14-11-20)17-19-8-5-4-6-9-19/h4-6,8-9,20H,7,10-17H2,1-3H3,(H2,23,24,25). The first-order valence-electron chi connectivity index (χ1n) is 10.8. The third kappa shape index (κ3) is 7.02. The van der Waals surface area contributed by atoms with Crippen LogP contribution in [0.3, 0.4) is 0 Å². The van der Waals surface area contributed by atoms with Gasteiger partial charge in [-0.2, -0.15) is 11.8 Å². The van der Waals surface area contributed by atoms with Gasteiger partial charge in [-0.3, -0.25) is 4.90 Å². The second-order valence-electron chi connectivity index (χ2n) is 7.84. The molecule has 0 aliphatic carbocycles. The topological polar surface area (TPSA) is 70.4 Å². The fourth-order valence-corrected chi connectivity index (χ4v) is 4.02. The van der Waals surface area contributed by atoms with Gasteiger partial charge in [-0.05, 0) is 43.8 Å². The van der Waals surface area contributed by atoms with E-state index >= 15 is 0 Å². The smallest absolute Gasteiger partial charge is 0.191 e. The molecule has 0 radical (unpaired) electrons. The molecule has 1 aliphatic heterocycles. The molecule has 2 N–H and O–H groups in total. The van der Waals surface area contributed by atoms with E-state index in [2.05, 4.69) is 62.3 Å². The van der Waals surface area contributed by atoms with Crippen molar-refractivity contribution in [3.05, 3.63) is 47.5 Å². The number of guanidine groups is 1. The molecule has 0 amide bonds. The highest BCUT2D eigenvalue weighted by Gasteiger charge is 2.20. The Balaban J connectivity index is 1.52. The lowest BCUT2D eigenvalue weighted by Gasteiger charge is -2.33. The summed E-state index contributed by atoms with van der Waals surface area (Å²) in [6.07, 6.45) is 5.52. The molecule has 30 heavy (non-hydrogen) atoms. The molecule has 1 saturated heterocycles. The first-order valence-corrected chi connectivity index (χ1v) is 12.2. The van der Waals surface area contributed by atoms with Crippen molar-refractivity contribution in [2.45, 2.75) is 45.3 Å². The minimum absolute atomic E-state index is 0.449. The van der Waals surface area contributed by atoms with Gasteiger partial charge in [0.15, 0.2) is 11.8 Å². The van der Waals surface area contributed by atoms with Crippen molar-refractivity contribution < 1.29 is 0 Å². The Morgan fingerprint density at radius 3 is 2.63 bits per heavy atom. The Morgan fingerprint density at radius 1 is 1.20 bits per heavy atom. The summed E-state index contributed by atoms with van der Waals surface area (Å²) in [5, 5.41) is 15.5. The molecule has 2 heterocycles. The number of piperidine rings is 1. The van der Waals surface area contributed by atoms with E-state index in [4.69, 9.17) is 4.99 Å². The Bertz CT molecular complexity index is 782. The van der Waals surface area contributed by atoms with Crippen molar-refractivity contribution in [1.29, 1.82) is 0 Å². The van der Waals surface area contributed by atoms with Crippen molar-refractivity contribution in [3.63, 3.8) is 0 Å². The molecule has 0 bridgehead atoms. The lowest BCUT2D eigenvalue weighted by molar-refractivity contribution is 0.198. The number of rotatable bonds is 9. The largest absolute Gasteiger partial charge is 0.356 e. The number of thioether (sulfide) groups is 1. The zero-order valence-corrected chi connectivity index (χ0v) is 19.3. The maximum atomic E-state index is 4.80. The van der Waals surface area contributed by atoms with Crippen LogP contribution in [0.1, 0.15) is 36.5 Å². The number of aliphatic imine (C=N–C) groups is 1. The monoisotopic (exact) mass is 429 g/mol. The van der Waals surface area contributed by atoms with Crippen LogP contribution in [0.15, 0.2) is 35.3 Å². The number of likely N-dealkylation sites (tertiary alicyclic amines) is 1. The number of hydrogen-bond acceptors (Lipinski definition) is 5. The maximum absolute atomic E-state index is 4.80. The van der Waals surface area contributed by atoms with Gasteiger partial charge in [0.1, 0.15) is 12.4 Å². The minimum Gasteiger partial charge on any atom is -0.356 e. The highest BCUT2D eigenvalue weighted by atomic mass is 32.2. The number of nitrogens with zero attached hydrogens (tertiary/aromatic N) is 5. The van der Waals surface area contributed by atoms with Crippen LogP contribution in [0.4, 0.5) is 0 Å². The van der Waals surface area contributed by atoms with Crippen LogP contribution in [0, 0.1) is 6.92 Å². The summed E-state index contributed by atoms with van der Waals surface area (Å²) in [4.78, 5) is 7.34. The van der Waals surface area contributed by atoms with Gasteiger partial charge in [-0.15, -0.1) is 10.2 Å². The molecule has 8 heteroatoms. The Labute approximate surface area is 184 Å². The number of aromatic nitrogens is 3. The molecule has 0 unspecified atom stereocenters. The normalized spacial score (nSPS) is 16.0. The molecular weight excluding hydrogens is 394 g/mol. The fourth-order valence-electron chi connectivity index (χ4n) is 3.58. The maximum Gasteiger partial charge on any atom is 0.191 e. The number of nitrogens with one attached hydrogen (secondary N) is 2. The molecule has 0 atom stereocenters. The lowest BCUT2D eigenvalue weighted by atomic mass is 10.0. The van der Waals surface area contributed by atoms with Crippen molar-refractivity contribution in [2.75, 3.05) is 31.6 Å². The predicted octanol–water partition coefficient (Wildman–Crippen LogP) is 2.58. The minimum atomic E-state index is 0.449. The van der Waals surface area contributed by atoms with Crippen LogP contribution in [0.5, 0.6) is 0 Å². The predicted molar refractivity (Wildman–Crippen MR) is 126 cm³/mol. The van der Waals surface area contributed by atoms with Crippen LogP contribution >= 0.6 is 11.8 Å². The van der Waals surface area contributed by atoms with E-state index < -0.39 is 0 Å². The third-order valence-electron chi connectivity index (χ3n) is 5.56. The summed E-state index contributed by atoms with van der Waals surface area (Å²) in [5.41, 5.74) is 1.39. The Morgan fingerprint density at radius 2 is 1.97 bits per heavy atom. The highest BCUT2D eigenvalue weighted by molar-refractivity contribution is 7.98. The molecule has 2 aromatic rings. The molecule has 1 aromatic heterocycles. The average molecular weight is 430 g/mol. The number of hydrogen-bond donors (Lipinski definition) is 2. The van der Waals surface area contributed by atoms with Crippen LogP contribution in [-0.4, -0.2) is 63.3 Å². The van der Waals surface area contributed by atoms with E-state index in [0.29, 0.717) is 12.6 Å². The molecule has 164 valence electrons. The quantitative estimate of drug-likeness (QED) is 0.363. The van der Waals surface area contributed by atoms with Gasteiger partial charge in [0.05, 0.1) is 0 Å². The van der Waals surface area contributed by atoms with Crippen molar-refractivity contribution >= 4 is 17.7 Å². The SMILES string of the molecule is CSCCCNC(=NCc1nnc(C)n1C)NC1CCN(Cc2ccccc2)CC1. The molecule has 0 spiro atoms. The fraction of sp³-hybridized carbons (Fsp3) is 0.591. The van der Waals surface area contributed by atoms with Crippen LogP contribution in [-0.2, 0) is 20.1 Å². The summed E-state index contributed by atoms with van der Waals surface area (Å²) in [5.74, 6) is 3.84. The molecule has 0 saturated carbocycles. The summed E-state index contributed by atoms with van der Waals surface area (Å²) >= 11 is 1.88. The van der Waals surface area contributed by atoms with Gasteiger partial charge in [0.2, 0.25) is 0 Å². The van der Waals surface area contributed by atoms with E-state index in [1.54, 1.807) is 0 Å². The van der Waals surface area contributed by atoms with E-state index in [-0.39, 0.29) is 0 Å². The van der Waals surface area contributed by atoms with Gasteiger partial charge in [-0.25, -0.2) is 4.99 Å². The van der Waals surface area contributed by atoms with Gasteiger partial charge >= 0.3 is 0 Å². The lowest BCUT2D eigenvalue weighted by Crippen LogP contribution is -2.48. The van der Waals surface area contributed by atoms with Crippen LogP contribution in [0.2, 0.25) is 0 Å². The van der Waals surface area contributed by atoms with Gasteiger partial charge in [-0.1, -0.05) is 30.3 Å². The highest BCUT2D eigenvalue weighted by Crippen LogP contribution is 2.14. The molecule has 3 rings (SSSR count). The van der Waals surface area contributed by atoms with Crippen LogP contribution < -0.4 is 10.6 Å². The number of benzene rings is 1. The second-order valence-corrected chi connectivity index (χ2v) is 8.83. The Hall–Kier alpha value is -2.06. The zero-order valence-electron chi connectivity index (χ0n) is 18.5. The van der Waals surface area contributed by atoms with E-state index in [1.807, 2.05) is 30.3 Å². The van der Waals surface area contributed by atoms with E-state index in [0.717, 1.165) is 68.8 Å².